The highest BCUT2D eigenvalue weighted by atomic mass is 35.5. The van der Waals surface area contributed by atoms with Crippen molar-refractivity contribution in [3.05, 3.63) is 51.8 Å². The maximum atomic E-state index is 14.0. The largest absolute Gasteiger partial charge is 0.456 e. The molecular formula is C17H8ClF6NO2S. The van der Waals surface area contributed by atoms with Gasteiger partial charge in [-0.3, -0.25) is 0 Å². The summed E-state index contributed by atoms with van der Waals surface area (Å²) in [5, 5.41) is 18.8. The highest BCUT2D eigenvalue weighted by Gasteiger charge is 2.50. The van der Waals surface area contributed by atoms with E-state index >= 15 is 0 Å². The van der Waals surface area contributed by atoms with Gasteiger partial charge in [-0.1, -0.05) is 11.6 Å². The Balaban J connectivity index is 2.12. The van der Waals surface area contributed by atoms with Gasteiger partial charge in [0.15, 0.2) is 0 Å². The molecular weight excluding hydrogens is 432 g/mol. The van der Waals surface area contributed by atoms with Crippen LogP contribution in [0.25, 0.3) is 0 Å². The molecule has 1 aliphatic carbocycles. The van der Waals surface area contributed by atoms with Gasteiger partial charge in [0.25, 0.3) is 5.92 Å². The fourth-order valence-corrected chi connectivity index (χ4v) is 3.74. The van der Waals surface area contributed by atoms with Crippen LogP contribution in [0.2, 0.25) is 5.02 Å². The molecule has 0 bridgehead atoms. The molecule has 148 valence electrons. The molecule has 0 saturated heterocycles. The van der Waals surface area contributed by atoms with E-state index in [1.807, 2.05) is 0 Å². The van der Waals surface area contributed by atoms with E-state index in [1.165, 1.54) is 6.07 Å². The topological polar surface area (TPSA) is 53.2 Å². The molecule has 0 aromatic heterocycles. The minimum absolute atomic E-state index is 0.141. The van der Waals surface area contributed by atoms with Crippen LogP contribution < -0.4 is 4.74 Å². The number of nitriles is 1. The Bertz CT molecular complexity index is 989. The van der Waals surface area contributed by atoms with Gasteiger partial charge in [0, 0.05) is 33.5 Å². The smallest absolute Gasteiger partial charge is 0.446 e. The second kappa shape index (κ2) is 7.06. The number of hydrogen-bond acceptors (Lipinski definition) is 4. The number of aliphatic hydroxyl groups excluding tert-OH is 1. The lowest BCUT2D eigenvalue weighted by molar-refractivity contribution is -0.0977. The van der Waals surface area contributed by atoms with Crippen LogP contribution in [-0.4, -0.2) is 16.5 Å². The van der Waals surface area contributed by atoms with E-state index in [4.69, 9.17) is 21.6 Å². The summed E-state index contributed by atoms with van der Waals surface area (Å²) in [7, 11) is 0. The number of rotatable bonds is 3. The van der Waals surface area contributed by atoms with E-state index in [-0.39, 0.29) is 16.3 Å². The molecule has 1 atom stereocenters. The van der Waals surface area contributed by atoms with E-state index in [0.717, 1.165) is 24.3 Å². The van der Waals surface area contributed by atoms with Crippen LogP contribution in [0.5, 0.6) is 11.5 Å². The van der Waals surface area contributed by atoms with Crippen molar-refractivity contribution in [2.75, 3.05) is 0 Å². The van der Waals surface area contributed by atoms with Crippen molar-refractivity contribution in [2.45, 2.75) is 28.9 Å². The third kappa shape index (κ3) is 3.87. The Morgan fingerprint density at radius 2 is 1.93 bits per heavy atom. The van der Waals surface area contributed by atoms with Gasteiger partial charge >= 0.3 is 5.51 Å². The Kier molecular flexibility index (Phi) is 5.20. The van der Waals surface area contributed by atoms with Gasteiger partial charge in [-0.15, -0.1) is 0 Å². The predicted octanol–water partition coefficient (Wildman–Crippen LogP) is 5.98. The summed E-state index contributed by atoms with van der Waals surface area (Å²) in [5.74, 6) is -5.47. The van der Waals surface area contributed by atoms with Crippen molar-refractivity contribution in [2.24, 2.45) is 0 Å². The van der Waals surface area contributed by atoms with Crippen LogP contribution in [0.15, 0.2) is 29.2 Å². The van der Waals surface area contributed by atoms with Crippen LogP contribution in [0.4, 0.5) is 26.3 Å². The van der Waals surface area contributed by atoms with Crippen molar-refractivity contribution in [1.29, 1.82) is 5.26 Å². The molecule has 1 N–H and O–H groups in total. The molecule has 3 nitrogen and oxygen atoms in total. The number of fused-ring (bicyclic) bond motifs is 1. The number of ether oxygens (including phenoxy) is 1. The number of halogens is 7. The second-order valence-corrected chi connectivity index (χ2v) is 7.36. The molecule has 0 heterocycles. The number of aliphatic hydroxyl groups is 1. The lowest BCUT2D eigenvalue weighted by Crippen LogP contribution is -2.21. The zero-order chi connectivity index (χ0) is 20.9. The van der Waals surface area contributed by atoms with E-state index in [2.05, 4.69) is 0 Å². The van der Waals surface area contributed by atoms with Crippen LogP contribution in [0.3, 0.4) is 0 Å². The van der Waals surface area contributed by atoms with Gasteiger partial charge in [-0.25, -0.2) is 13.2 Å². The molecule has 3 rings (SSSR count). The van der Waals surface area contributed by atoms with Crippen molar-refractivity contribution in [1.82, 2.24) is 0 Å². The average Bonchev–Trinajstić information content (AvgIpc) is 2.79. The van der Waals surface area contributed by atoms with Crippen LogP contribution >= 0.6 is 23.4 Å². The highest BCUT2D eigenvalue weighted by Crippen LogP contribution is 2.52. The summed E-state index contributed by atoms with van der Waals surface area (Å²) < 4.78 is 85.4. The summed E-state index contributed by atoms with van der Waals surface area (Å²) >= 11 is 5.07. The zero-order valence-electron chi connectivity index (χ0n) is 13.5. The van der Waals surface area contributed by atoms with Gasteiger partial charge in [0.05, 0.1) is 0 Å². The molecule has 1 unspecified atom stereocenters. The summed E-state index contributed by atoms with van der Waals surface area (Å²) in [6.45, 7) is 0. The Morgan fingerprint density at radius 3 is 2.54 bits per heavy atom. The van der Waals surface area contributed by atoms with Crippen LogP contribution in [0.1, 0.15) is 22.8 Å². The third-order valence-electron chi connectivity index (χ3n) is 3.94. The summed E-state index contributed by atoms with van der Waals surface area (Å²) in [6, 6.07) is 5.30. The Hall–Kier alpha value is -2.09. The molecule has 11 heteroatoms. The molecule has 0 amide bonds. The van der Waals surface area contributed by atoms with E-state index < -0.39 is 63.3 Å². The average molecular weight is 440 g/mol. The molecule has 0 radical (unpaired) electrons. The molecule has 1 aliphatic rings. The summed E-state index contributed by atoms with van der Waals surface area (Å²) in [5.41, 5.74) is -6.31. The first-order chi connectivity index (χ1) is 12.9. The van der Waals surface area contributed by atoms with Gasteiger partial charge in [-0.2, -0.15) is 18.4 Å². The number of hydrogen-bond donors (Lipinski definition) is 1. The van der Waals surface area contributed by atoms with Crippen molar-refractivity contribution < 1.29 is 36.2 Å². The molecule has 0 spiro atoms. The molecule has 0 fully saturated rings. The number of nitrogens with zero attached hydrogens (tertiary/aromatic N) is 1. The van der Waals surface area contributed by atoms with Crippen molar-refractivity contribution in [3.63, 3.8) is 0 Å². The highest BCUT2D eigenvalue weighted by molar-refractivity contribution is 8.00. The summed E-state index contributed by atoms with van der Waals surface area (Å²) in [6.07, 6.45) is -3.56. The quantitative estimate of drug-likeness (QED) is 0.472. The molecule has 0 saturated carbocycles. The molecule has 28 heavy (non-hydrogen) atoms. The predicted molar refractivity (Wildman–Crippen MR) is 88.2 cm³/mol. The lowest BCUT2D eigenvalue weighted by Gasteiger charge is -2.17. The fraction of sp³-hybridized carbons (Fsp3) is 0.235. The minimum Gasteiger partial charge on any atom is -0.456 e. The molecule has 0 aliphatic heterocycles. The van der Waals surface area contributed by atoms with Crippen molar-refractivity contribution >= 4 is 23.4 Å². The SMILES string of the molecule is N#Cc1c(F)cc(Cl)cc1Oc1ccc(SC(F)(F)F)c2c1CC(F)(F)C2O. The van der Waals surface area contributed by atoms with E-state index in [1.54, 1.807) is 0 Å². The van der Waals surface area contributed by atoms with Gasteiger partial charge in [0.1, 0.15) is 35.1 Å². The van der Waals surface area contributed by atoms with Crippen LogP contribution in [0, 0.1) is 17.1 Å². The maximum absolute atomic E-state index is 14.0. The Morgan fingerprint density at radius 1 is 1.25 bits per heavy atom. The minimum atomic E-state index is -4.77. The van der Waals surface area contributed by atoms with Gasteiger partial charge in [0.2, 0.25) is 0 Å². The summed E-state index contributed by atoms with van der Waals surface area (Å²) in [4.78, 5) is -0.600. The standard InChI is InChI=1S/C17H8ClF6NO2S/c18-7-3-10(19)9(6-25)12(4-7)27-11-1-2-13(28-17(22,23)24)14-8(11)5-16(20,21)15(14)26/h1-4,15,26H,5H2. The molecule has 2 aromatic rings. The first-order valence-corrected chi connectivity index (χ1v) is 8.67. The number of alkyl halides is 5. The number of thioether (sulfide) groups is 1. The molecule has 2 aromatic carbocycles. The van der Waals surface area contributed by atoms with Crippen LogP contribution in [-0.2, 0) is 6.42 Å². The monoisotopic (exact) mass is 439 g/mol. The van der Waals surface area contributed by atoms with Gasteiger partial charge < -0.3 is 9.84 Å². The lowest BCUT2D eigenvalue weighted by atomic mass is 10.1. The Labute approximate surface area is 163 Å². The van der Waals surface area contributed by atoms with Crippen molar-refractivity contribution in [3.8, 4) is 17.6 Å². The van der Waals surface area contributed by atoms with E-state index in [0.29, 0.717) is 0 Å². The van der Waals surface area contributed by atoms with E-state index in [9.17, 15) is 31.4 Å². The number of benzene rings is 2. The first-order valence-electron chi connectivity index (χ1n) is 7.47. The first kappa shape index (κ1) is 20.6. The third-order valence-corrected chi connectivity index (χ3v) is 4.96. The second-order valence-electron chi connectivity index (χ2n) is 5.82. The zero-order valence-corrected chi connectivity index (χ0v) is 15.0. The maximum Gasteiger partial charge on any atom is 0.446 e. The normalized spacial score (nSPS) is 17.9. The van der Waals surface area contributed by atoms with Gasteiger partial charge in [-0.05, 0) is 30.0 Å². The fourth-order valence-electron chi connectivity index (χ4n) is 2.82.